The van der Waals surface area contributed by atoms with E-state index in [4.69, 9.17) is 27.7 Å². The largest absolute Gasteiger partial charge is 0.347 e. The zero-order valence-corrected chi connectivity index (χ0v) is 10.2. The van der Waals surface area contributed by atoms with Crippen molar-refractivity contribution in [1.82, 2.24) is 5.16 Å². The van der Waals surface area contributed by atoms with Gasteiger partial charge < -0.3 is 4.52 Å². The topological polar surface area (TPSA) is 26.0 Å². The Labute approximate surface area is 103 Å². The normalized spacial score (nSPS) is 10.7. The standard InChI is InChI=1S/C9H3BrCl2FNO/c10-9-7(12)8(14-15-9)5-2-1-4(13)3-6(5)11/h1-3H. The van der Waals surface area contributed by atoms with Crippen LogP contribution in [0.4, 0.5) is 4.39 Å². The van der Waals surface area contributed by atoms with Gasteiger partial charge in [0.1, 0.15) is 16.5 Å². The summed E-state index contributed by atoms with van der Waals surface area (Å²) < 4.78 is 17.9. The Morgan fingerprint density at radius 1 is 1.33 bits per heavy atom. The van der Waals surface area contributed by atoms with Crippen molar-refractivity contribution >= 4 is 39.1 Å². The molecule has 6 heteroatoms. The van der Waals surface area contributed by atoms with Crippen LogP contribution in [0.15, 0.2) is 27.4 Å². The lowest BCUT2D eigenvalue weighted by molar-refractivity contribution is 0.402. The number of hydrogen-bond donors (Lipinski definition) is 0. The molecule has 0 atom stereocenters. The zero-order valence-electron chi connectivity index (χ0n) is 7.10. The molecule has 0 aliphatic rings. The van der Waals surface area contributed by atoms with Crippen molar-refractivity contribution in [2.24, 2.45) is 0 Å². The lowest BCUT2D eigenvalue weighted by Gasteiger charge is -1.99. The molecule has 1 heterocycles. The fourth-order valence-corrected chi connectivity index (χ4v) is 1.80. The first kappa shape index (κ1) is 10.9. The van der Waals surface area contributed by atoms with Gasteiger partial charge in [-0.15, -0.1) is 0 Å². The molecule has 1 aromatic carbocycles. The summed E-state index contributed by atoms with van der Waals surface area (Å²) >= 11 is 14.8. The smallest absolute Gasteiger partial charge is 0.221 e. The van der Waals surface area contributed by atoms with E-state index in [0.717, 1.165) is 0 Å². The van der Waals surface area contributed by atoms with Gasteiger partial charge in [-0.2, -0.15) is 0 Å². The molecule has 2 aromatic rings. The molecule has 0 saturated heterocycles. The fraction of sp³-hybridized carbons (Fsp3) is 0. The van der Waals surface area contributed by atoms with Crippen LogP contribution in [-0.2, 0) is 0 Å². The quantitative estimate of drug-likeness (QED) is 0.772. The third kappa shape index (κ3) is 2.02. The van der Waals surface area contributed by atoms with E-state index in [-0.39, 0.29) is 5.02 Å². The van der Waals surface area contributed by atoms with Crippen LogP contribution >= 0.6 is 39.1 Å². The Morgan fingerprint density at radius 2 is 2.07 bits per heavy atom. The van der Waals surface area contributed by atoms with Gasteiger partial charge in [-0.3, -0.25) is 0 Å². The monoisotopic (exact) mass is 309 g/mol. The Hall–Kier alpha value is -0.580. The summed E-state index contributed by atoms with van der Waals surface area (Å²) in [5, 5.41) is 4.26. The van der Waals surface area contributed by atoms with E-state index >= 15 is 0 Å². The zero-order chi connectivity index (χ0) is 11.0. The predicted octanol–water partition coefficient (Wildman–Crippen LogP) is 4.55. The highest BCUT2D eigenvalue weighted by Gasteiger charge is 2.16. The molecule has 0 radical (unpaired) electrons. The molecule has 15 heavy (non-hydrogen) atoms. The van der Waals surface area contributed by atoms with E-state index in [1.807, 2.05) is 0 Å². The lowest BCUT2D eigenvalue weighted by Crippen LogP contribution is -1.82. The van der Waals surface area contributed by atoms with Gasteiger partial charge >= 0.3 is 0 Å². The summed E-state index contributed by atoms with van der Waals surface area (Å²) in [6.45, 7) is 0. The SMILES string of the molecule is Fc1ccc(-c2noc(Br)c2Cl)c(Cl)c1. The van der Waals surface area contributed by atoms with Gasteiger partial charge in [-0.05, 0) is 34.1 Å². The van der Waals surface area contributed by atoms with Crippen LogP contribution in [0.3, 0.4) is 0 Å². The van der Waals surface area contributed by atoms with E-state index in [1.165, 1.54) is 18.2 Å². The maximum Gasteiger partial charge on any atom is 0.221 e. The molecule has 0 unspecified atom stereocenters. The molecule has 0 saturated carbocycles. The highest BCUT2D eigenvalue weighted by atomic mass is 79.9. The molecule has 0 N–H and O–H groups in total. The minimum Gasteiger partial charge on any atom is -0.347 e. The molecule has 0 aliphatic carbocycles. The van der Waals surface area contributed by atoms with Crippen molar-refractivity contribution in [3.8, 4) is 11.3 Å². The number of nitrogens with zero attached hydrogens (tertiary/aromatic N) is 1. The molecule has 0 bridgehead atoms. The number of halogens is 4. The Morgan fingerprint density at radius 3 is 2.60 bits per heavy atom. The number of aromatic nitrogens is 1. The van der Waals surface area contributed by atoms with Crippen LogP contribution in [0.5, 0.6) is 0 Å². The van der Waals surface area contributed by atoms with Crippen molar-refractivity contribution in [2.45, 2.75) is 0 Å². The summed E-state index contributed by atoms with van der Waals surface area (Å²) in [6, 6.07) is 3.96. The van der Waals surface area contributed by atoms with Crippen LogP contribution in [0, 0.1) is 5.82 Å². The minimum absolute atomic E-state index is 0.234. The number of benzene rings is 1. The molecular weight excluding hydrogens is 308 g/mol. The van der Waals surface area contributed by atoms with E-state index in [9.17, 15) is 4.39 Å². The van der Waals surface area contributed by atoms with Crippen LogP contribution in [0.25, 0.3) is 11.3 Å². The summed E-state index contributed by atoms with van der Waals surface area (Å²) in [7, 11) is 0. The van der Waals surface area contributed by atoms with Gasteiger partial charge in [0.15, 0.2) is 0 Å². The summed E-state index contributed by atoms with van der Waals surface area (Å²) in [6.07, 6.45) is 0. The van der Waals surface area contributed by atoms with E-state index in [2.05, 4.69) is 21.1 Å². The van der Waals surface area contributed by atoms with Crippen molar-refractivity contribution in [3.63, 3.8) is 0 Å². The van der Waals surface area contributed by atoms with Gasteiger partial charge in [-0.1, -0.05) is 28.4 Å². The first-order valence-electron chi connectivity index (χ1n) is 3.85. The minimum atomic E-state index is -0.414. The summed E-state index contributed by atoms with van der Waals surface area (Å²) in [4.78, 5) is 0. The highest BCUT2D eigenvalue weighted by Crippen LogP contribution is 2.36. The summed E-state index contributed by atoms with van der Waals surface area (Å²) in [5.41, 5.74) is 0.908. The molecular formula is C9H3BrCl2FNO. The predicted molar refractivity (Wildman–Crippen MR) is 59.6 cm³/mol. The van der Waals surface area contributed by atoms with Gasteiger partial charge in [0.2, 0.25) is 4.67 Å². The maximum atomic E-state index is 12.8. The highest BCUT2D eigenvalue weighted by molar-refractivity contribution is 9.10. The lowest BCUT2D eigenvalue weighted by atomic mass is 10.1. The second-order valence-corrected chi connectivity index (χ2v) is 4.25. The first-order valence-corrected chi connectivity index (χ1v) is 5.40. The van der Waals surface area contributed by atoms with E-state index in [1.54, 1.807) is 0 Å². The van der Waals surface area contributed by atoms with Crippen molar-refractivity contribution in [2.75, 3.05) is 0 Å². The van der Waals surface area contributed by atoms with Crippen LogP contribution in [0.2, 0.25) is 10.0 Å². The Kier molecular flexibility index (Phi) is 3.00. The average Bonchev–Trinajstić information content (AvgIpc) is 2.49. The second kappa shape index (κ2) is 4.12. The molecule has 2 nitrogen and oxygen atoms in total. The van der Waals surface area contributed by atoms with Crippen molar-refractivity contribution < 1.29 is 8.91 Å². The average molecular weight is 311 g/mol. The van der Waals surface area contributed by atoms with Crippen molar-refractivity contribution in [3.05, 3.63) is 38.7 Å². The molecule has 0 spiro atoms. The molecule has 0 amide bonds. The van der Waals surface area contributed by atoms with Crippen LogP contribution in [-0.4, -0.2) is 5.16 Å². The van der Waals surface area contributed by atoms with Gasteiger partial charge in [0.25, 0.3) is 0 Å². The Balaban J connectivity index is 2.59. The number of hydrogen-bond acceptors (Lipinski definition) is 2. The Bertz CT molecular complexity index is 515. The number of rotatable bonds is 1. The van der Waals surface area contributed by atoms with Crippen LogP contribution < -0.4 is 0 Å². The first-order chi connectivity index (χ1) is 7.09. The third-order valence-electron chi connectivity index (χ3n) is 1.78. The van der Waals surface area contributed by atoms with E-state index < -0.39 is 5.82 Å². The van der Waals surface area contributed by atoms with Gasteiger partial charge in [0.05, 0.1) is 5.02 Å². The molecule has 1 aromatic heterocycles. The van der Waals surface area contributed by atoms with Crippen molar-refractivity contribution in [1.29, 1.82) is 0 Å². The van der Waals surface area contributed by atoms with Gasteiger partial charge in [0, 0.05) is 5.56 Å². The summed E-state index contributed by atoms with van der Waals surface area (Å²) in [5.74, 6) is -0.414. The molecule has 0 fully saturated rings. The molecule has 2 rings (SSSR count). The maximum absolute atomic E-state index is 12.8. The van der Waals surface area contributed by atoms with E-state index in [0.29, 0.717) is 20.9 Å². The third-order valence-corrected chi connectivity index (χ3v) is 3.22. The molecule has 0 aliphatic heterocycles. The van der Waals surface area contributed by atoms with Gasteiger partial charge in [-0.25, -0.2) is 4.39 Å². The fourth-order valence-electron chi connectivity index (χ4n) is 1.11. The molecule has 78 valence electrons. The van der Waals surface area contributed by atoms with Crippen LogP contribution in [0.1, 0.15) is 0 Å². The second-order valence-electron chi connectivity index (χ2n) is 2.74.